The minimum atomic E-state index is 0. The SMILES string of the molecule is CCNC(=NCc1cccc(O)c1)N1CCC2(CCOC2)C1.I. The van der Waals surface area contributed by atoms with Gasteiger partial charge in [0.2, 0.25) is 0 Å². The zero-order chi connectivity index (χ0) is 15.4. The molecule has 5 nitrogen and oxygen atoms in total. The van der Waals surface area contributed by atoms with Gasteiger partial charge in [-0.15, -0.1) is 24.0 Å². The molecule has 2 aliphatic rings. The summed E-state index contributed by atoms with van der Waals surface area (Å²) in [4.78, 5) is 7.09. The van der Waals surface area contributed by atoms with Crippen molar-refractivity contribution in [1.82, 2.24) is 10.2 Å². The number of benzene rings is 1. The Balaban J connectivity index is 0.00000192. The molecular formula is C17H26IN3O2. The molecule has 1 atom stereocenters. The lowest BCUT2D eigenvalue weighted by Gasteiger charge is -2.25. The third-order valence-corrected chi connectivity index (χ3v) is 4.58. The van der Waals surface area contributed by atoms with E-state index in [0.29, 0.717) is 17.7 Å². The number of phenolic OH excluding ortho intramolecular Hbond substituents is 1. The van der Waals surface area contributed by atoms with Crippen molar-refractivity contribution < 1.29 is 9.84 Å². The van der Waals surface area contributed by atoms with Crippen LogP contribution >= 0.6 is 24.0 Å². The Morgan fingerprint density at radius 3 is 3.00 bits per heavy atom. The fourth-order valence-corrected chi connectivity index (χ4v) is 3.33. The molecule has 0 saturated carbocycles. The first-order valence-electron chi connectivity index (χ1n) is 8.10. The topological polar surface area (TPSA) is 57.1 Å². The molecule has 1 spiro atoms. The monoisotopic (exact) mass is 431 g/mol. The number of aromatic hydroxyl groups is 1. The summed E-state index contributed by atoms with van der Waals surface area (Å²) >= 11 is 0. The van der Waals surface area contributed by atoms with E-state index in [1.165, 1.54) is 6.42 Å². The maximum absolute atomic E-state index is 9.54. The van der Waals surface area contributed by atoms with E-state index in [1.807, 2.05) is 12.1 Å². The van der Waals surface area contributed by atoms with Crippen molar-refractivity contribution >= 4 is 29.9 Å². The maximum Gasteiger partial charge on any atom is 0.194 e. The third kappa shape index (κ3) is 4.50. The van der Waals surface area contributed by atoms with Crippen LogP contribution in [0.4, 0.5) is 0 Å². The van der Waals surface area contributed by atoms with Gasteiger partial charge in [-0.05, 0) is 37.5 Å². The molecule has 23 heavy (non-hydrogen) atoms. The molecule has 0 aromatic heterocycles. The van der Waals surface area contributed by atoms with Crippen LogP contribution in [0.3, 0.4) is 0 Å². The van der Waals surface area contributed by atoms with E-state index in [9.17, 15) is 5.11 Å². The lowest BCUT2D eigenvalue weighted by Crippen LogP contribution is -2.41. The molecule has 0 radical (unpaired) electrons. The van der Waals surface area contributed by atoms with Crippen molar-refractivity contribution in [1.29, 1.82) is 0 Å². The first-order chi connectivity index (χ1) is 10.7. The molecule has 0 aliphatic carbocycles. The highest BCUT2D eigenvalue weighted by molar-refractivity contribution is 14.0. The van der Waals surface area contributed by atoms with Crippen molar-refractivity contribution in [2.45, 2.75) is 26.3 Å². The fourth-order valence-electron chi connectivity index (χ4n) is 3.33. The second kappa shape index (κ2) is 8.19. The molecule has 6 heteroatoms. The van der Waals surface area contributed by atoms with E-state index >= 15 is 0 Å². The second-order valence-electron chi connectivity index (χ2n) is 6.31. The van der Waals surface area contributed by atoms with Gasteiger partial charge < -0.3 is 20.1 Å². The van der Waals surface area contributed by atoms with Crippen LogP contribution in [-0.2, 0) is 11.3 Å². The summed E-state index contributed by atoms with van der Waals surface area (Å²) in [5, 5.41) is 12.9. The van der Waals surface area contributed by atoms with Crippen molar-refractivity contribution in [3.8, 4) is 5.75 Å². The number of guanidine groups is 1. The number of ether oxygens (including phenoxy) is 1. The number of phenols is 1. The maximum atomic E-state index is 9.54. The number of aliphatic imine (C=N–C) groups is 1. The van der Waals surface area contributed by atoms with Gasteiger partial charge in [0.25, 0.3) is 0 Å². The van der Waals surface area contributed by atoms with Crippen molar-refractivity contribution in [2.24, 2.45) is 10.4 Å². The molecule has 2 heterocycles. The Bertz CT molecular complexity index is 544. The van der Waals surface area contributed by atoms with Crippen LogP contribution in [0.15, 0.2) is 29.3 Å². The van der Waals surface area contributed by atoms with Crippen LogP contribution in [0.2, 0.25) is 0 Å². The quantitative estimate of drug-likeness (QED) is 0.439. The number of hydrogen-bond acceptors (Lipinski definition) is 3. The van der Waals surface area contributed by atoms with E-state index in [4.69, 9.17) is 9.73 Å². The Labute approximate surface area is 155 Å². The Hall–Kier alpha value is -1.02. The van der Waals surface area contributed by atoms with Crippen LogP contribution in [0.5, 0.6) is 5.75 Å². The van der Waals surface area contributed by atoms with Crippen LogP contribution < -0.4 is 5.32 Å². The molecule has 1 aromatic rings. The molecule has 2 aliphatic heterocycles. The van der Waals surface area contributed by atoms with Gasteiger partial charge >= 0.3 is 0 Å². The van der Waals surface area contributed by atoms with E-state index in [-0.39, 0.29) is 24.0 Å². The second-order valence-corrected chi connectivity index (χ2v) is 6.31. The normalized spacial score (nSPS) is 24.0. The fraction of sp³-hybridized carbons (Fsp3) is 0.588. The van der Waals surface area contributed by atoms with Gasteiger partial charge in [0.15, 0.2) is 5.96 Å². The zero-order valence-corrected chi connectivity index (χ0v) is 16.0. The zero-order valence-electron chi connectivity index (χ0n) is 13.6. The average molecular weight is 431 g/mol. The largest absolute Gasteiger partial charge is 0.508 e. The molecule has 128 valence electrons. The minimum absolute atomic E-state index is 0. The highest BCUT2D eigenvalue weighted by Gasteiger charge is 2.42. The van der Waals surface area contributed by atoms with Gasteiger partial charge in [0.05, 0.1) is 13.2 Å². The number of nitrogens with zero attached hydrogens (tertiary/aromatic N) is 2. The molecule has 3 rings (SSSR count). The molecule has 2 fully saturated rings. The lowest BCUT2D eigenvalue weighted by atomic mass is 9.87. The van der Waals surface area contributed by atoms with Gasteiger partial charge in [-0.25, -0.2) is 4.99 Å². The van der Waals surface area contributed by atoms with E-state index < -0.39 is 0 Å². The molecule has 0 bridgehead atoms. The summed E-state index contributed by atoms with van der Waals surface area (Å²) in [5.74, 6) is 1.26. The molecule has 0 amide bonds. The van der Waals surface area contributed by atoms with Crippen molar-refractivity contribution in [3.63, 3.8) is 0 Å². The Morgan fingerprint density at radius 2 is 2.30 bits per heavy atom. The third-order valence-electron chi connectivity index (χ3n) is 4.58. The summed E-state index contributed by atoms with van der Waals surface area (Å²) < 4.78 is 5.60. The van der Waals surface area contributed by atoms with Crippen LogP contribution in [0.25, 0.3) is 0 Å². The predicted octanol–water partition coefficient (Wildman–Crippen LogP) is 2.59. The van der Waals surface area contributed by atoms with Gasteiger partial charge in [-0.1, -0.05) is 12.1 Å². The first-order valence-corrected chi connectivity index (χ1v) is 8.10. The van der Waals surface area contributed by atoms with Crippen molar-refractivity contribution in [3.05, 3.63) is 29.8 Å². The number of hydrogen-bond donors (Lipinski definition) is 2. The van der Waals surface area contributed by atoms with E-state index in [0.717, 1.165) is 50.8 Å². The lowest BCUT2D eigenvalue weighted by molar-refractivity contribution is 0.156. The number of likely N-dealkylation sites (tertiary alicyclic amines) is 1. The molecule has 1 unspecified atom stereocenters. The Kier molecular flexibility index (Phi) is 6.52. The van der Waals surface area contributed by atoms with Crippen LogP contribution in [-0.4, -0.2) is 48.8 Å². The van der Waals surface area contributed by atoms with E-state index in [1.54, 1.807) is 12.1 Å². The smallest absolute Gasteiger partial charge is 0.194 e. The summed E-state index contributed by atoms with van der Waals surface area (Å²) in [6, 6.07) is 7.29. The molecular weight excluding hydrogens is 405 g/mol. The minimum Gasteiger partial charge on any atom is -0.508 e. The molecule has 1 aromatic carbocycles. The van der Waals surface area contributed by atoms with Gasteiger partial charge in [0, 0.05) is 31.7 Å². The van der Waals surface area contributed by atoms with Gasteiger partial charge in [-0.3, -0.25) is 0 Å². The van der Waals surface area contributed by atoms with Crippen LogP contribution in [0, 0.1) is 5.41 Å². The number of nitrogens with one attached hydrogen (secondary N) is 1. The summed E-state index contributed by atoms with van der Waals surface area (Å²) in [6.07, 6.45) is 2.35. The Morgan fingerprint density at radius 1 is 1.43 bits per heavy atom. The summed E-state index contributed by atoms with van der Waals surface area (Å²) in [6.45, 7) is 7.37. The standard InChI is InChI=1S/C17H25N3O2.HI/c1-2-18-16(19-11-14-4-3-5-15(21)10-14)20-8-6-17(12-20)7-9-22-13-17;/h3-5,10,21H,2,6-9,11-13H2,1H3,(H,18,19);1H. The number of rotatable bonds is 3. The summed E-state index contributed by atoms with van der Waals surface area (Å²) in [5.41, 5.74) is 1.36. The highest BCUT2D eigenvalue weighted by atomic mass is 127. The highest BCUT2D eigenvalue weighted by Crippen LogP contribution is 2.38. The average Bonchev–Trinajstić information content (AvgIpc) is 3.14. The van der Waals surface area contributed by atoms with Gasteiger partial charge in [-0.2, -0.15) is 0 Å². The predicted molar refractivity (Wildman–Crippen MR) is 102 cm³/mol. The first kappa shape index (κ1) is 18.3. The number of halogens is 1. The molecule has 2 N–H and O–H groups in total. The van der Waals surface area contributed by atoms with Crippen LogP contribution in [0.1, 0.15) is 25.3 Å². The summed E-state index contributed by atoms with van der Waals surface area (Å²) in [7, 11) is 0. The van der Waals surface area contributed by atoms with Gasteiger partial charge in [0.1, 0.15) is 5.75 Å². The molecule has 2 saturated heterocycles. The van der Waals surface area contributed by atoms with E-state index in [2.05, 4.69) is 17.1 Å². The van der Waals surface area contributed by atoms with Crippen molar-refractivity contribution in [2.75, 3.05) is 32.8 Å².